The van der Waals surface area contributed by atoms with E-state index < -0.39 is 0 Å². The third-order valence-corrected chi connectivity index (χ3v) is 3.68. The second-order valence-corrected chi connectivity index (χ2v) is 5.15. The second-order valence-electron chi connectivity index (χ2n) is 3.98. The minimum absolute atomic E-state index is 0.0655. The van der Waals surface area contributed by atoms with Crippen molar-refractivity contribution in [1.29, 1.82) is 0 Å². The Bertz CT molecular complexity index is 549. The molecule has 1 amide bonds. The summed E-state index contributed by atoms with van der Waals surface area (Å²) in [6, 6.07) is 15.5. The third kappa shape index (κ3) is 3.10. The van der Waals surface area contributed by atoms with Gasteiger partial charge in [0, 0.05) is 9.26 Å². The Kier molecular flexibility index (Phi) is 4.36. The molecular weight excluding hydrogens is 337 g/mol. The molecule has 0 spiro atoms. The number of halogens is 1. The fourth-order valence-electron chi connectivity index (χ4n) is 1.67. The zero-order valence-electron chi connectivity index (χ0n) is 10.1. The topological polar surface area (TPSA) is 29.1 Å². The van der Waals surface area contributed by atoms with Gasteiger partial charge in [0.15, 0.2) is 0 Å². The Morgan fingerprint density at radius 2 is 1.78 bits per heavy atom. The molecule has 0 aliphatic carbocycles. The molecule has 0 saturated heterocycles. The molecule has 0 heterocycles. The number of anilines is 1. The van der Waals surface area contributed by atoms with Crippen LogP contribution < -0.4 is 5.32 Å². The van der Waals surface area contributed by atoms with Crippen LogP contribution in [0.4, 0.5) is 5.69 Å². The number of carbonyl (C=O) groups excluding carboxylic acids is 1. The van der Waals surface area contributed by atoms with Crippen LogP contribution in [0.5, 0.6) is 0 Å². The van der Waals surface area contributed by atoms with Gasteiger partial charge in [0.1, 0.15) is 0 Å². The molecule has 2 nitrogen and oxygen atoms in total. The van der Waals surface area contributed by atoms with Crippen LogP contribution in [-0.2, 0) is 6.42 Å². The molecule has 0 aliphatic heterocycles. The monoisotopic (exact) mass is 351 g/mol. The van der Waals surface area contributed by atoms with Crippen LogP contribution in [-0.4, -0.2) is 5.91 Å². The summed E-state index contributed by atoms with van der Waals surface area (Å²) in [4.78, 5) is 12.1. The van der Waals surface area contributed by atoms with Crippen molar-refractivity contribution in [3.05, 3.63) is 63.2 Å². The van der Waals surface area contributed by atoms with E-state index in [1.165, 1.54) is 5.56 Å². The van der Waals surface area contributed by atoms with Crippen molar-refractivity contribution < 1.29 is 4.79 Å². The molecule has 2 aromatic rings. The van der Waals surface area contributed by atoms with E-state index in [0.717, 1.165) is 15.7 Å². The average molecular weight is 351 g/mol. The molecule has 0 aliphatic rings. The van der Waals surface area contributed by atoms with Crippen molar-refractivity contribution in [2.45, 2.75) is 13.3 Å². The van der Waals surface area contributed by atoms with Gasteiger partial charge in [-0.25, -0.2) is 0 Å². The first-order chi connectivity index (χ1) is 8.70. The first-order valence-corrected chi connectivity index (χ1v) is 6.93. The van der Waals surface area contributed by atoms with Crippen molar-refractivity contribution >= 4 is 34.2 Å². The van der Waals surface area contributed by atoms with Gasteiger partial charge in [0.05, 0.1) is 5.56 Å². The predicted octanol–water partition coefficient (Wildman–Crippen LogP) is 4.11. The molecule has 0 aromatic heterocycles. The molecule has 0 unspecified atom stereocenters. The van der Waals surface area contributed by atoms with Crippen molar-refractivity contribution in [2.75, 3.05) is 5.32 Å². The minimum Gasteiger partial charge on any atom is -0.322 e. The van der Waals surface area contributed by atoms with Gasteiger partial charge in [-0.1, -0.05) is 31.2 Å². The number of hydrogen-bond donors (Lipinski definition) is 1. The number of amides is 1. The fraction of sp³-hybridized carbons (Fsp3) is 0.133. The number of carbonyl (C=O) groups is 1. The molecular formula is C15H14INO. The zero-order valence-corrected chi connectivity index (χ0v) is 12.3. The second kappa shape index (κ2) is 6.00. The van der Waals surface area contributed by atoms with Crippen LogP contribution in [0.25, 0.3) is 0 Å². The maximum atomic E-state index is 12.1. The minimum atomic E-state index is -0.0655. The first kappa shape index (κ1) is 13.1. The molecule has 3 heteroatoms. The highest BCUT2D eigenvalue weighted by Gasteiger charge is 2.08. The van der Waals surface area contributed by atoms with Gasteiger partial charge in [-0.15, -0.1) is 0 Å². The third-order valence-electron chi connectivity index (χ3n) is 2.74. The Labute approximate surface area is 121 Å². The Morgan fingerprint density at radius 3 is 2.39 bits per heavy atom. The van der Waals surface area contributed by atoms with Crippen LogP contribution in [0.15, 0.2) is 48.5 Å². The van der Waals surface area contributed by atoms with Crippen LogP contribution in [0.2, 0.25) is 0 Å². The lowest BCUT2D eigenvalue weighted by Gasteiger charge is -2.07. The maximum absolute atomic E-state index is 12.1. The van der Waals surface area contributed by atoms with Gasteiger partial charge in [-0.05, 0) is 58.8 Å². The van der Waals surface area contributed by atoms with E-state index in [4.69, 9.17) is 0 Å². The van der Waals surface area contributed by atoms with Crippen molar-refractivity contribution in [3.63, 3.8) is 0 Å². The van der Waals surface area contributed by atoms with E-state index in [0.29, 0.717) is 5.56 Å². The average Bonchev–Trinajstić information content (AvgIpc) is 2.40. The molecule has 2 rings (SSSR count). The molecule has 0 saturated carbocycles. The molecule has 1 N–H and O–H groups in total. The Morgan fingerprint density at radius 1 is 1.11 bits per heavy atom. The van der Waals surface area contributed by atoms with E-state index in [1.54, 1.807) is 0 Å². The molecule has 92 valence electrons. The van der Waals surface area contributed by atoms with Gasteiger partial charge >= 0.3 is 0 Å². The van der Waals surface area contributed by atoms with E-state index in [-0.39, 0.29) is 5.91 Å². The van der Waals surface area contributed by atoms with Crippen LogP contribution in [0, 0.1) is 3.57 Å². The van der Waals surface area contributed by atoms with Crippen LogP contribution >= 0.6 is 22.6 Å². The summed E-state index contributed by atoms with van der Waals surface area (Å²) in [6.45, 7) is 2.11. The normalized spacial score (nSPS) is 10.1. The van der Waals surface area contributed by atoms with E-state index in [9.17, 15) is 4.79 Å². The summed E-state index contributed by atoms with van der Waals surface area (Å²) in [5.41, 5.74) is 2.80. The van der Waals surface area contributed by atoms with Crippen molar-refractivity contribution in [2.24, 2.45) is 0 Å². The highest BCUT2D eigenvalue weighted by molar-refractivity contribution is 14.1. The summed E-state index contributed by atoms with van der Waals surface area (Å²) in [5.74, 6) is -0.0655. The van der Waals surface area contributed by atoms with E-state index in [2.05, 4.69) is 34.8 Å². The molecule has 0 radical (unpaired) electrons. The lowest BCUT2D eigenvalue weighted by atomic mass is 10.1. The quantitative estimate of drug-likeness (QED) is 0.829. The van der Waals surface area contributed by atoms with Crippen molar-refractivity contribution in [1.82, 2.24) is 0 Å². The number of aryl methyl sites for hydroxylation is 1. The van der Waals surface area contributed by atoms with Gasteiger partial charge in [-0.3, -0.25) is 4.79 Å². The smallest absolute Gasteiger partial charge is 0.256 e. The van der Waals surface area contributed by atoms with Crippen LogP contribution in [0.3, 0.4) is 0 Å². The highest BCUT2D eigenvalue weighted by Crippen LogP contribution is 2.15. The zero-order chi connectivity index (χ0) is 13.0. The fourth-order valence-corrected chi connectivity index (χ4v) is 2.30. The van der Waals surface area contributed by atoms with Crippen molar-refractivity contribution in [3.8, 4) is 0 Å². The van der Waals surface area contributed by atoms with Gasteiger partial charge < -0.3 is 5.32 Å². The summed E-state index contributed by atoms with van der Waals surface area (Å²) in [6.07, 6.45) is 1.00. The summed E-state index contributed by atoms with van der Waals surface area (Å²) >= 11 is 2.17. The Balaban J connectivity index is 2.14. The number of hydrogen-bond acceptors (Lipinski definition) is 1. The maximum Gasteiger partial charge on any atom is 0.256 e. The summed E-state index contributed by atoms with van der Waals surface area (Å²) in [5, 5.41) is 2.91. The predicted molar refractivity (Wildman–Crippen MR) is 82.9 cm³/mol. The Hall–Kier alpha value is -1.36. The molecule has 0 fully saturated rings. The number of benzene rings is 2. The standard InChI is InChI=1S/C15H14INO/c1-2-11-7-9-12(10-8-11)17-15(18)13-5-3-4-6-14(13)16/h3-10H,2H2,1H3,(H,17,18). The van der Waals surface area contributed by atoms with Gasteiger partial charge in [0.2, 0.25) is 0 Å². The molecule has 18 heavy (non-hydrogen) atoms. The van der Waals surface area contributed by atoms with Crippen LogP contribution in [0.1, 0.15) is 22.8 Å². The highest BCUT2D eigenvalue weighted by atomic mass is 127. The largest absolute Gasteiger partial charge is 0.322 e. The van der Waals surface area contributed by atoms with Gasteiger partial charge in [0.25, 0.3) is 5.91 Å². The first-order valence-electron chi connectivity index (χ1n) is 5.85. The van der Waals surface area contributed by atoms with E-state index >= 15 is 0 Å². The summed E-state index contributed by atoms with van der Waals surface area (Å²) < 4.78 is 0.956. The number of nitrogens with one attached hydrogen (secondary N) is 1. The SMILES string of the molecule is CCc1ccc(NC(=O)c2ccccc2I)cc1. The van der Waals surface area contributed by atoms with Gasteiger partial charge in [-0.2, -0.15) is 0 Å². The van der Waals surface area contributed by atoms with E-state index in [1.807, 2.05) is 48.5 Å². The lowest BCUT2D eigenvalue weighted by Crippen LogP contribution is -2.13. The lowest BCUT2D eigenvalue weighted by molar-refractivity contribution is 0.102. The number of rotatable bonds is 3. The summed E-state index contributed by atoms with van der Waals surface area (Å²) in [7, 11) is 0. The molecule has 0 bridgehead atoms. The molecule has 0 atom stereocenters. The molecule has 2 aromatic carbocycles.